The number of nitrogens with two attached hydrogens (primary N) is 1. The zero-order chi connectivity index (χ0) is 15.1. The van der Waals surface area contributed by atoms with Gasteiger partial charge in [-0.3, -0.25) is 0 Å². The molecule has 0 spiro atoms. The van der Waals surface area contributed by atoms with Crippen LogP contribution >= 0.6 is 0 Å². The van der Waals surface area contributed by atoms with E-state index in [1.807, 2.05) is 13.0 Å². The highest BCUT2D eigenvalue weighted by Gasteiger charge is 2.47. The Balaban J connectivity index is 2.27. The Hall–Kier alpha value is -1.06. The molecule has 2 N–H and O–H groups in total. The molecular weight excluding hydrogens is 250 g/mol. The van der Waals surface area contributed by atoms with Crippen LogP contribution in [0, 0.1) is 6.92 Å². The molecule has 1 aliphatic rings. The van der Waals surface area contributed by atoms with Crippen LogP contribution in [0.4, 0.5) is 0 Å². The third-order valence-corrected chi connectivity index (χ3v) is 3.92. The summed E-state index contributed by atoms with van der Waals surface area (Å²) in [5.41, 5.74) is 7.90. The fraction of sp³-hybridized carbons (Fsp3) is 0.647. The minimum atomic E-state index is -0.288. The highest BCUT2D eigenvalue weighted by atomic mass is 16.6. The molecular formula is C17H27NO2. The van der Waals surface area contributed by atoms with E-state index < -0.39 is 0 Å². The van der Waals surface area contributed by atoms with Crippen LogP contribution in [-0.2, 0) is 4.74 Å². The Morgan fingerprint density at radius 1 is 1.30 bits per heavy atom. The molecule has 0 saturated carbocycles. The molecule has 1 heterocycles. The summed E-state index contributed by atoms with van der Waals surface area (Å²) in [5.74, 6) is 0.880. The second-order valence-electron chi connectivity index (χ2n) is 7.11. The normalized spacial score (nSPS) is 25.4. The first-order chi connectivity index (χ1) is 9.11. The van der Waals surface area contributed by atoms with E-state index in [1.54, 1.807) is 0 Å². The first kappa shape index (κ1) is 15.3. The van der Waals surface area contributed by atoms with E-state index in [0.717, 1.165) is 17.7 Å². The summed E-state index contributed by atoms with van der Waals surface area (Å²) in [6, 6.07) is 6.15. The maximum absolute atomic E-state index is 6.27. The van der Waals surface area contributed by atoms with Crippen molar-refractivity contribution in [1.29, 1.82) is 0 Å². The summed E-state index contributed by atoms with van der Waals surface area (Å²) in [7, 11) is 0. The molecule has 0 amide bonds. The van der Waals surface area contributed by atoms with Gasteiger partial charge in [-0.25, -0.2) is 0 Å². The molecule has 1 aromatic rings. The molecule has 2 atom stereocenters. The van der Waals surface area contributed by atoms with E-state index in [9.17, 15) is 0 Å². The molecule has 3 nitrogen and oxygen atoms in total. The summed E-state index contributed by atoms with van der Waals surface area (Å²) >= 11 is 0. The Kier molecular flexibility index (Phi) is 3.87. The van der Waals surface area contributed by atoms with Gasteiger partial charge in [-0.05, 0) is 47.6 Å². The summed E-state index contributed by atoms with van der Waals surface area (Å²) in [6.07, 6.45) is 0.921. The minimum absolute atomic E-state index is 0.0386. The van der Waals surface area contributed by atoms with E-state index >= 15 is 0 Å². The van der Waals surface area contributed by atoms with Gasteiger partial charge in [0.2, 0.25) is 0 Å². The van der Waals surface area contributed by atoms with Gasteiger partial charge < -0.3 is 15.2 Å². The summed E-state index contributed by atoms with van der Waals surface area (Å²) in [4.78, 5) is 0. The average Bonchev–Trinajstić information content (AvgIpc) is 2.48. The molecule has 0 bridgehead atoms. The second-order valence-corrected chi connectivity index (χ2v) is 7.11. The quantitative estimate of drug-likeness (QED) is 0.915. The monoisotopic (exact) mass is 277 g/mol. The van der Waals surface area contributed by atoms with Crippen molar-refractivity contribution in [2.24, 2.45) is 5.73 Å². The predicted octanol–water partition coefficient (Wildman–Crippen LogP) is 3.74. The Morgan fingerprint density at radius 3 is 2.45 bits per heavy atom. The number of hydrogen-bond donors (Lipinski definition) is 1. The van der Waals surface area contributed by atoms with Crippen LogP contribution in [0.15, 0.2) is 18.2 Å². The Morgan fingerprint density at radius 2 is 1.95 bits per heavy atom. The number of ether oxygens (including phenoxy) is 2. The van der Waals surface area contributed by atoms with E-state index in [2.05, 4.69) is 46.8 Å². The van der Waals surface area contributed by atoms with Crippen LogP contribution in [0.2, 0.25) is 0 Å². The molecule has 20 heavy (non-hydrogen) atoms. The first-order valence-corrected chi connectivity index (χ1v) is 7.34. The zero-order valence-corrected chi connectivity index (χ0v) is 13.5. The third-order valence-electron chi connectivity index (χ3n) is 3.92. The van der Waals surface area contributed by atoms with Crippen LogP contribution in [0.5, 0.6) is 5.75 Å². The van der Waals surface area contributed by atoms with Crippen LogP contribution in [0.1, 0.15) is 58.2 Å². The molecule has 1 aromatic carbocycles. The molecule has 1 fully saturated rings. The lowest BCUT2D eigenvalue weighted by molar-refractivity contribution is -0.0847. The maximum atomic E-state index is 6.27. The lowest BCUT2D eigenvalue weighted by Gasteiger charge is -2.28. The van der Waals surface area contributed by atoms with E-state index in [0.29, 0.717) is 0 Å². The van der Waals surface area contributed by atoms with E-state index in [-0.39, 0.29) is 23.3 Å². The van der Waals surface area contributed by atoms with Gasteiger partial charge >= 0.3 is 0 Å². The van der Waals surface area contributed by atoms with Crippen molar-refractivity contribution in [3.05, 3.63) is 29.3 Å². The summed E-state index contributed by atoms with van der Waals surface area (Å²) in [6.45, 7) is 12.5. The molecule has 1 unspecified atom stereocenters. The molecule has 2 rings (SSSR count). The highest BCUT2D eigenvalue weighted by Crippen LogP contribution is 2.40. The number of benzene rings is 1. The van der Waals surface area contributed by atoms with Crippen molar-refractivity contribution in [1.82, 2.24) is 0 Å². The van der Waals surface area contributed by atoms with Gasteiger partial charge in [0, 0.05) is 18.0 Å². The molecule has 0 radical (unpaired) electrons. The van der Waals surface area contributed by atoms with Gasteiger partial charge in [0.05, 0.1) is 5.60 Å². The molecule has 112 valence electrons. The van der Waals surface area contributed by atoms with Gasteiger partial charge in [0.1, 0.15) is 17.5 Å². The van der Waals surface area contributed by atoms with Crippen LogP contribution in [0.3, 0.4) is 0 Å². The standard InChI is InChI=1S/C17H27NO2/c1-11-7-8-14(13(9-11)12(2)18)19-15-10-16(3,4)20-17(15,5)6/h7-9,12,15H,10,18H2,1-6H3/t12-,15?/m0/s1. The van der Waals surface area contributed by atoms with Crippen molar-refractivity contribution in [2.75, 3.05) is 0 Å². The fourth-order valence-corrected chi connectivity index (χ4v) is 2.98. The third kappa shape index (κ3) is 3.15. The topological polar surface area (TPSA) is 44.5 Å². The van der Waals surface area contributed by atoms with E-state index in [4.69, 9.17) is 15.2 Å². The Labute approximate surface area is 122 Å². The van der Waals surface area contributed by atoms with Crippen molar-refractivity contribution in [3.63, 3.8) is 0 Å². The van der Waals surface area contributed by atoms with E-state index in [1.165, 1.54) is 5.56 Å². The Bertz CT molecular complexity index is 492. The van der Waals surface area contributed by atoms with Crippen LogP contribution in [0.25, 0.3) is 0 Å². The molecule has 0 aromatic heterocycles. The van der Waals surface area contributed by atoms with Crippen LogP contribution in [-0.4, -0.2) is 17.3 Å². The van der Waals surface area contributed by atoms with Gasteiger partial charge in [-0.2, -0.15) is 0 Å². The van der Waals surface area contributed by atoms with Gasteiger partial charge in [-0.1, -0.05) is 17.7 Å². The van der Waals surface area contributed by atoms with Crippen molar-refractivity contribution < 1.29 is 9.47 Å². The zero-order valence-electron chi connectivity index (χ0n) is 13.5. The molecule has 1 saturated heterocycles. The lowest BCUT2D eigenvalue weighted by Crippen LogP contribution is -2.37. The van der Waals surface area contributed by atoms with Gasteiger partial charge in [0.15, 0.2) is 0 Å². The van der Waals surface area contributed by atoms with Crippen molar-refractivity contribution in [2.45, 2.75) is 71.3 Å². The first-order valence-electron chi connectivity index (χ1n) is 7.34. The SMILES string of the molecule is Cc1ccc(OC2CC(C)(C)OC2(C)C)c([C@H](C)N)c1. The number of aryl methyl sites for hydroxylation is 1. The average molecular weight is 277 g/mol. The molecule has 3 heteroatoms. The lowest BCUT2D eigenvalue weighted by atomic mass is 9.96. The summed E-state index contributed by atoms with van der Waals surface area (Å²) in [5, 5.41) is 0. The minimum Gasteiger partial charge on any atom is -0.487 e. The number of rotatable bonds is 3. The molecule has 0 aliphatic carbocycles. The number of hydrogen-bond acceptors (Lipinski definition) is 3. The van der Waals surface area contributed by atoms with Crippen molar-refractivity contribution >= 4 is 0 Å². The smallest absolute Gasteiger partial charge is 0.130 e. The van der Waals surface area contributed by atoms with Gasteiger partial charge in [0.25, 0.3) is 0 Å². The molecule has 1 aliphatic heterocycles. The second kappa shape index (κ2) is 5.05. The van der Waals surface area contributed by atoms with Crippen molar-refractivity contribution in [3.8, 4) is 5.75 Å². The highest BCUT2D eigenvalue weighted by molar-refractivity contribution is 5.39. The fourth-order valence-electron chi connectivity index (χ4n) is 2.98. The largest absolute Gasteiger partial charge is 0.487 e. The van der Waals surface area contributed by atoms with Gasteiger partial charge in [-0.15, -0.1) is 0 Å². The van der Waals surface area contributed by atoms with Crippen LogP contribution < -0.4 is 10.5 Å². The predicted molar refractivity (Wildman–Crippen MR) is 82.1 cm³/mol. The summed E-state index contributed by atoms with van der Waals surface area (Å²) < 4.78 is 12.4. The maximum Gasteiger partial charge on any atom is 0.130 e.